The Balaban J connectivity index is 1.59. The van der Waals surface area contributed by atoms with Gasteiger partial charge in [0.25, 0.3) is 0 Å². The SMILES string of the molecule is COc1ccc(-c2cc(C3(C(=O)Nc4ccccc4C(F)(F)F)CC3)no2)cc1OC. The van der Waals surface area contributed by atoms with Gasteiger partial charge in [-0.1, -0.05) is 17.3 Å². The van der Waals surface area contributed by atoms with Crippen molar-refractivity contribution in [1.29, 1.82) is 0 Å². The second kappa shape index (κ2) is 7.64. The fourth-order valence-electron chi connectivity index (χ4n) is 3.43. The second-order valence-corrected chi connectivity index (χ2v) is 7.23. The smallest absolute Gasteiger partial charge is 0.418 e. The van der Waals surface area contributed by atoms with E-state index in [1.54, 1.807) is 24.3 Å². The maximum absolute atomic E-state index is 13.2. The van der Waals surface area contributed by atoms with Crippen LogP contribution in [0.1, 0.15) is 24.1 Å². The molecule has 1 aliphatic carbocycles. The van der Waals surface area contributed by atoms with Crippen LogP contribution in [-0.2, 0) is 16.4 Å². The molecule has 4 rings (SSSR count). The summed E-state index contributed by atoms with van der Waals surface area (Å²) in [6.45, 7) is 0. The molecule has 1 saturated carbocycles. The Morgan fingerprint density at radius 2 is 1.77 bits per heavy atom. The molecular formula is C22H19F3N2O4. The average molecular weight is 432 g/mol. The molecule has 1 heterocycles. The lowest BCUT2D eigenvalue weighted by Gasteiger charge is -2.16. The van der Waals surface area contributed by atoms with E-state index in [2.05, 4.69) is 10.5 Å². The number of amides is 1. The van der Waals surface area contributed by atoms with Gasteiger partial charge in [0, 0.05) is 11.6 Å². The van der Waals surface area contributed by atoms with Crippen molar-refractivity contribution < 1.29 is 32.0 Å². The molecule has 0 atom stereocenters. The third-order valence-electron chi connectivity index (χ3n) is 5.33. The minimum atomic E-state index is -4.57. The number of nitrogens with one attached hydrogen (secondary N) is 1. The van der Waals surface area contributed by atoms with Crippen molar-refractivity contribution in [2.24, 2.45) is 0 Å². The first-order valence-electron chi connectivity index (χ1n) is 9.46. The Kier molecular flexibility index (Phi) is 5.12. The summed E-state index contributed by atoms with van der Waals surface area (Å²) in [4.78, 5) is 12.9. The van der Waals surface area contributed by atoms with Crippen molar-refractivity contribution in [2.45, 2.75) is 24.4 Å². The third kappa shape index (κ3) is 3.83. The largest absolute Gasteiger partial charge is 0.493 e. The van der Waals surface area contributed by atoms with Crippen LogP contribution >= 0.6 is 0 Å². The van der Waals surface area contributed by atoms with Crippen molar-refractivity contribution in [2.75, 3.05) is 19.5 Å². The number of ether oxygens (including phenoxy) is 2. The summed E-state index contributed by atoms with van der Waals surface area (Å²) in [5.74, 6) is 0.912. The topological polar surface area (TPSA) is 73.6 Å². The van der Waals surface area contributed by atoms with Gasteiger partial charge in [0.05, 0.1) is 36.6 Å². The quantitative estimate of drug-likeness (QED) is 0.590. The highest BCUT2D eigenvalue weighted by Crippen LogP contribution is 2.50. The molecule has 2 aromatic carbocycles. The lowest BCUT2D eigenvalue weighted by atomic mass is 9.99. The summed E-state index contributed by atoms with van der Waals surface area (Å²) >= 11 is 0. The highest BCUT2D eigenvalue weighted by atomic mass is 19.4. The second-order valence-electron chi connectivity index (χ2n) is 7.23. The van der Waals surface area contributed by atoms with Gasteiger partial charge >= 0.3 is 6.18 Å². The Bertz CT molecular complexity index is 1120. The normalized spacial score (nSPS) is 14.7. The molecule has 3 aromatic rings. The maximum atomic E-state index is 13.2. The average Bonchev–Trinajstić information content (AvgIpc) is 3.42. The molecule has 0 aliphatic heterocycles. The number of benzene rings is 2. The number of anilines is 1. The van der Waals surface area contributed by atoms with E-state index in [0.29, 0.717) is 41.4 Å². The molecule has 1 aliphatic rings. The van der Waals surface area contributed by atoms with Crippen LogP contribution in [0.3, 0.4) is 0 Å². The highest BCUT2D eigenvalue weighted by molar-refractivity contribution is 6.01. The first-order valence-corrected chi connectivity index (χ1v) is 9.46. The fraction of sp³-hybridized carbons (Fsp3) is 0.273. The van der Waals surface area contributed by atoms with Crippen molar-refractivity contribution in [1.82, 2.24) is 5.16 Å². The first-order chi connectivity index (χ1) is 14.8. The number of aromatic nitrogens is 1. The highest BCUT2D eigenvalue weighted by Gasteiger charge is 2.54. The third-order valence-corrected chi connectivity index (χ3v) is 5.33. The number of rotatable bonds is 6. The predicted octanol–water partition coefficient (Wildman–Crippen LogP) is 5.05. The number of para-hydroxylation sites is 1. The molecule has 1 amide bonds. The van der Waals surface area contributed by atoms with E-state index in [-0.39, 0.29) is 5.69 Å². The number of carbonyl (C=O) groups excluding carboxylic acids is 1. The minimum absolute atomic E-state index is 0.283. The molecule has 0 saturated heterocycles. The number of methoxy groups -OCH3 is 2. The van der Waals surface area contributed by atoms with E-state index < -0.39 is 23.1 Å². The summed E-state index contributed by atoms with van der Waals surface area (Å²) in [5.41, 5.74) is -1.16. The van der Waals surface area contributed by atoms with Gasteiger partial charge in [0.15, 0.2) is 17.3 Å². The van der Waals surface area contributed by atoms with Crippen molar-refractivity contribution in [3.63, 3.8) is 0 Å². The van der Waals surface area contributed by atoms with Crippen molar-refractivity contribution >= 4 is 11.6 Å². The van der Waals surface area contributed by atoms with Crippen LogP contribution in [0.25, 0.3) is 11.3 Å². The summed E-state index contributed by atoms with van der Waals surface area (Å²) in [6.07, 6.45) is -3.65. The van der Waals surface area contributed by atoms with Crippen LogP contribution < -0.4 is 14.8 Å². The van der Waals surface area contributed by atoms with E-state index in [0.717, 1.165) is 6.07 Å². The molecule has 1 aromatic heterocycles. The molecule has 1 fully saturated rings. The summed E-state index contributed by atoms with van der Waals surface area (Å²) in [6, 6.07) is 11.7. The maximum Gasteiger partial charge on any atom is 0.418 e. The number of nitrogens with zero attached hydrogens (tertiary/aromatic N) is 1. The summed E-state index contributed by atoms with van der Waals surface area (Å²) in [7, 11) is 3.03. The standard InChI is InChI=1S/C22H19F3N2O4/c1-29-16-8-7-13(11-18(16)30-2)17-12-19(27-31-17)21(9-10-21)20(28)26-15-6-4-3-5-14(15)22(23,24)25/h3-8,11-12H,9-10H2,1-2H3,(H,26,28). The zero-order chi connectivity index (χ0) is 22.2. The Morgan fingerprint density at radius 3 is 2.42 bits per heavy atom. The number of halogens is 3. The van der Waals surface area contributed by atoms with E-state index >= 15 is 0 Å². The molecule has 0 spiro atoms. The van der Waals surface area contributed by atoms with E-state index in [1.165, 1.54) is 32.4 Å². The molecule has 0 radical (unpaired) electrons. The van der Waals surface area contributed by atoms with E-state index in [4.69, 9.17) is 14.0 Å². The predicted molar refractivity (Wildman–Crippen MR) is 106 cm³/mol. The lowest BCUT2D eigenvalue weighted by Crippen LogP contribution is -2.29. The Morgan fingerprint density at radius 1 is 1.06 bits per heavy atom. The molecule has 6 nitrogen and oxygen atoms in total. The van der Waals surface area contributed by atoms with Crippen LogP contribution in [0, 0.1) is 0 Å². The van der Waals surface area contributed by atoms with Crippen molar-refractivity contribution in [3.05, 3.63) is 59.8 Å². The number of hydrogen-bond donors (Lipinski definition) is 1. The molecule has 9 heteroatoms. The number of hydrogen-bond acceptors (Lipinski definition) is 5. The molecule has 162 valence electrons. The van der Waals surface area contributed by atoms with Gasteiger partial charge in [0.1, 0.15) is 0 Å². The van der Waals surface area contributed by atoms with Gasteiger partial charge in [-0.15, -0.1) is 0 Å². The van der Waals surface area contributed by atoms with Gasteiger partial charge < -0.3 is 19.3 Å². The van der Waals surface area contributed by atoms with Crippen LogP contribution in [-0.4, -0.2) is 25.3 Å². The molecular weight excluding hydrogens is 413 g/mol. The van der Waals surface area contributed by atoms with E-state index in [9.17, 15) is 18.0 Å². The first kappa shape index (κ1) is 20.8. The number of carbonyl (C=O) groups is 1. The van der Waals surface area contributed by atoms with Crippen LogP contribution in [0.4, 0.5) is 18.9 Å². The Hall–Kier alpha value is -3.49. The van der Waals surface area contributed by atoms with Crippen LogP contribution in [0.5, 0.6) is 11.5 Å². The van der Waals surface area contributed by atoms with E-state index in [1.807, 2.05) is 0 Å². The molecule has 31 heavy (non-hydrogen) atoms. The summed E-state index contributed by atoms with van der Waals surface area (Å²) < 4.78 is 55.7. The Labute approximate surface area is 175 Å². The van der Waals surface area contributed by atoms with Gasteiger partial charge in [-0.25, -0.2) is 0 Å². The molecule has 1 N–H and O–H groups in total. The van der Waals surface area contributed by atoms with Crippen molar-refractivity contribution in [3.8, 4) is 22.8 Å². The summed E-state index contributed by atoms with van der Waals surface area (Å²) in [5, 5.41) is 6.45. The lowest BCUT2D eigenvalue weighted by molar-refractivity contribution is -0.137. The minimum Gasteiger partial charge on any atom is -0.493 e. The van der Waals surface area contributed by atoms with Gasteiger partial charge in [0.2, 0.25) is 5.91 Å². The van der Waals surface area contributed by atoms with Gasteiger partial charge in [-0.3, -0.25) is 4.79 Å². The van der Waals surface area contributed by atoms with Gasteiger partial charge in [-0.05, 0) is 43.2 Å². The van der Waals surface area contributed by atoms with Crippen LogP contribution in [0.15, 0.2) is 53.1 Å². The zero-order valence-electron chi connectivity index (χ0n) is 16.7. The number of alkyl halides is 3. The molecule has 0 unspecified atom stereocenters. The monoisotopic (exact) mass is 432 g/mol. The van der Waals surface area contributed by atoms with Gasteiger partial charge in [-0.2, -0.15) is 13.2 Å². The fourth-order valence-corrected chi connectivity index (χ4v) is 3.43. The van der Waals surface area contributed by atoms with Crippen LogP contribution in [0.2, 0.25) is 0 Å². The zero-order valence-corrected chi connectivity index (χ0v) is 16.7. The molecule has 0 bridgehead atoms.